The molecule has 2 rings (SSSR count). The molecule has 0 aliphatic carbocycles. The molecule has 0 saturated carbocycles. The summed E-state index contributed by atoms with van der Waals surface area (Å²) in [5, 5.41) is 15.6. The second-order valence-electron chi connectivity index (χ2n) is 3.81. The quantitative estimate of drug-likeness (QED) is 0.573. The van der Waals surface area contributed by atoms with Crippen molar-refractivity contribution < 1.29 is 14.3 Å². The smallest absolute Gasteiger partial charge is 0.435 e. The van der Waals surface area contributed by atoms with Crippen LogP contribution in [0.25, 0.3) is 11.5 Å². The molecule has 10 heteroatoms. The molecule has 0 fully saturated rings. The van der Waals surface area contributed by atoms with E-state index in [1.165, 1.54) is 4.68 Å². The fraction of sp³-hybridized carbons (Fsp3) is 0.500. The van der Waals surface area contributed by atoms with Gasteiger partial charge in [0, 0.05) is 7.05 Å². The van der Waals surface area contributed by atoms with Crippen molar-refractivity contribution in [1.29, 1.82) is 0 Å². The molecule has 0 unspecified atom stereocenters. The Kier molecular flexibility index (Phi) is 4.52. The van der Waals surface area contributed by atoms with Crippen LogP contribution in [0.1, 0.15) is 20.1 Å². The van der Waals surface area contributed by atoms with Crippen molar-refractivity contribution in [1.82, 2.24) is 30.0 Å². The molecular formula is C10H13IN6O3. The maximum Gasteiger partial charge on any atom is 0.510 e. The molecule has 0 saturated heterocycles. The largest absolute Gasteiger partial charge is 0.510 e. The van der Waals surface area contributed by atoms with Gasteiger partial charge >= 0.3 is 6.16 Å². The van der Waals surface area contributed by atoms with Crippen LogP contribution in [0.5, 0.6) is 0 Å². The predicted octanol–water partition coefficient (Wildman–Crippen LogP) is 1.37. The second-order valence-corrected chi connectivity index (χ2v) is 4.97. The first kappa shape index (κ1) is 14.7. The van der Waals surface area contributed by atoms with Crippen molar-refractivity contribution in [3.8, 4) is 11.5 Å². The molecule has 0 aliphatic heterocycles. The Labute approximate surface area is 128 Å². The van der Waals surface area contributed by atoms with Crippen LogP contribution in [0.4, 0.5) is 4.79 Å². The third-order valence-electron chi connectivity index (χ3n) is 2.47. The molecule has 0 bridgehead atoms. The lowest BCUT2D eigenvalue weighted by molar-refractivity contribution is 0.00140. The Bertz CT molecular complexity index is 590. The Hall–Kier alpha value is -1.72. The predicted molar refractivity (Wildman–Crippen MR) is 75.6 cm³/mol. The van der Waals surface area contributed by atoms with Gasteiger partial charge in [0.15, 0.2) is 6.23 Å². The first-order chi connectivity index (χ1) is 9.54. The van der Waals surface area contributed by atoms with E-state index in [0.717, 1.165) is 9.26 Å². The summed E-state index contributed by atoms with van der Waals surface area (Å²) in [4.78, 5) is 11.3. The molecule has 1 atom stereocenters. The third kappa shape index (κ3) is 2.89. The highest BCUT2D eigenvalue weighted by atomic mass is 127. The Balaban J connectivity index is 2.27. The zero-order valence-corrected chi connectivity index (χ0v) is 13.3. The fourth-order valence-corrected chi connectivity index (χ4v) is 2.31. The highest BCUT2D eigenvalue weighted by molar-refractivity contribution is 14.1. The van der Waals surface area contributed by atoms with Crippen LogP contribution in [0.15, 0.2) is 6.20 Å². The van der Waals surface area contributed by atoms with Gasteiger partial charge in [0.05, 0.1) is 16.4 Å². The zero-order chi connectivity index (χ0) is 14.7. The van der Waals surface area contributed by atoms with Crippen molar-refractivity contribution in [2.24, 2.45) is 7.05 Å². The van der Waals surface area contributed by atoms with Crippen LogP contribution in [-0.2, 0) is 16.5 Å². The molecule has 2 heterocycles. The van der Waals surface area contributed by atoms with E-state index in [1.807, 2.05) is 0 Å². The number of rotatable bonds is 4. The SMILES string of the molecule is CCOC(=O)O[C@@H](C)n1nnnc1-c1c(I)cnn1C. The van der Waals surface area contributed by atoms with Gasteiger partial charge in [-0.3, -0.25) is 4.68 Å². The Morgan fingerprint density at radius 3 is 2.90 bits per heavy atom. The van der Waals surface area contributed by atoms with Gasteiger partial charge < -0.3 is 9.47 Å². The van der Waals surface area contributed by atoms with Crippen molar-refractivity contribution in [2.75, 3.05) is 6.61 Å². The number of ether oxygens (including phenoxy) is 2. The number of hydrogen-bond donors (Lipinski definition) is 0. The second kappa shape index (κ2) is 6.15. The van der Waals surface area contributed by atoms with Crippen LogP contribution >= 0.6 is 22.6 Å². The molecule has 0 N–H and O–H groups in total. The Morgan fingerprint density at radius 1 is 1.55 bits per heavy atom. The average molecular weight is 392 g/mol. The van der Waals surface area contributed by atoms with Crippen LogP contribution in [-0.4, -0.2) is 42.7 Å². The van der Waals surface area contributed by atoms with E-state index < -0.39 is 12.4 Å². The van der Waals surface area contributed by atoms with Gasteiger partial charge in [-0.25, -0.2) is 4.79 Å². The van der Waals surface area contributed by atoms with Crippen molar-refractivity contribution in [3.63, 3.8) is 0 Å². The molecule has 9 nitrogen and oxygen atoms in total. The molecule has 2 aromatic heterocycles. The minimum atomic E-state index is -0.763. The summed E-state index contributed by atoms with van der Waals surface area (Å²) >= 11 is 2.14. The van der Waals surface area contributed by atoms with Crippen molar-refractivity contribution in [3.05, 3.63) is 9.77 Å². The summed E-state index contributed by atoms with van der Waals surface area (Å²) in [6, 6.07) is 0. The number of aromatic nitrogens is 6. The first-order valence-corrected chi connectivity index (χ1v) is 6.91. The highest BCUT2D eigenvalue weighted by Gasteiger charge is 2.22. The van der Waals surface area contributed by atoms with Crippen LogP contribution in [0, 0.1) is 3.57 Å². The van der Waals surface area contributed by atoms with Crippen LogP contribution in [0.3, 0.4) is 0 Å². The molecular weight excluding hydrogens is 379 g/mol. The van der Waals surface area contributed by atoms with E-state index in [-0.39, 0.29) is 6.61 Å². The number of carbonyl (C=O) groups excluding carboxylic acids is 1. The number of nitrogens with zero attached hydrogens (tertiary/aromatic N) is 6. The lowest BCUT2D eigenvalue weighted by Gasteiger charge is -2.14. The summed E-state index contributed by atoms with van der Waals surface area (Å²) in [5.74, 6) is 0.464. The lowest BCUT2D eigenvalue weighted by atomic mass is 10.4. The van der Waals surface area contributed by atoms with Crippen molar-refractivity contribution in [2.45, 2.75) is 20.1 Å². The van der Waals surface area contributed by atoms with Gasteiger partial charge in [-0.15, -0.1) is 5.10 Å². The first-order valence-electron chi connectivity index (χ1n) is 5.83. The number of aryl methyl sites for hydroxylation is 1. The fourth-order valence-electron chi connectivity index (χ4n) is 1.60. The van der Waals surface area contributed by atoms with Gasteiger partial charge in [-0.2, -0.15) is 9.78 Å². The standard InChI is InChI=1S/C10H13IN6O3/c1-4-19-10(18)20-6(2)17-9(13-14-15-17)8-7(11)5-12-16(8)3/h5-6H,4H2,1-3H3/t6-/m0/s1. The highest BCUT2D eigenvalue weighted by Crippen LogP contribution is 2.24. The zero-order valence-electron chi connectivity index (χ0n) is 11.1. The average Bonchev–Trinajstić information content (AvgIpc) is 2.96. The number of halogens is 1. The summed E-state index contributed by atoms with van der Waals surface area (Å²) in [6.07, 6.45) is 0.247. The minimum absolute atomic E-state index is 0.244. The normalized spacial score (nSPS) is 12.2. The van der Waals surface area contributed by atoms with Crippen molar-refractivity contribution >= 4 is 28.7 Å². The van der Waals surface area contributed by atoms with E-state index in [0.29, 0.717) is 5.82 Å². The summed E-state index contributed by atoms with van der Waals surface area (Å²) in [7, 11) is 1.79. The minimum Gasteiger partial charge on any atom is -0.435 e. The molecule has 108 valence electrons. The van der Waals surface area contributed by atoms with E-state index in [4.69, 9.17) is 9.47 Å². The molecule has 0 spiro atoms. The van der Waals surface area contributed by atoms with Gasteiger partial charge in [-0.1, -0.05) is 0 Å². The maximum atomic E-state index is 11.3. The van der Waals surface area contributed by atoms with Crippen LogP contribution < -0.4 is 0 Å². The molecule has 2 aromatic rings. The van der Waals surface area contributed by atoms with Gasteiger partial charge in [0.25, 0.3) is 0 Å². The Morgan fingerprint density at radius 2 is 2.30 bits per heavy atom. The monoisotopic (exact) mass is 392 g/mol. The summed E-state index contributed by atoms with van der Waals surface area (Å²) in [5.41, 5.74) is 0.745. The molecule has 20 heavy (non-hydrogen) atoms. The van der Waals surface area contributed by atoms with E-state index in [9.17, 15) is 4.79 Å². The topological polar surface area (TPSA) is 97.0 Å². The molecule has 0 aliphatic rings. The van der Waals surface area contributed by atoms with E-state index in [2.05, 4.69) is 43.2 Å². The van der Waals surface area contributed by atoms with E-state index >= 15 is 0 Å². The molecule has 0 radical (unpaired) electrons. The van der Waals surface area contributed by atoms with Gasteiger partial charge in [0.1, 0.15) is 5.69 Å². The summed E-state index contributed by atoms with van der Waals surface area (Å²) in [6.45, 7) is 3.60. The molecule has 0 amide bonds. The number of hydrogen-bond acceptors (Lipinski definition) is 7. The maximum absolute atomic E-state index is 11.3. The van der Waals surface area contributed by atoms with Gasteiger partial charge in [-0.05, 0) is 46.9 Å². The summed E-state index contributed by atoms with van der Waals surface area (Å²) < 4.78 is 13.8. The number of tetrazole rings is 1. The van der Waals surface area contributed by atoms with Gasteiger partial charge in [0.2, 0.25) is 5.82 Å². The number of carbonyl (C=O) groups is 1. The van der Waals surface area contributed by atoms with E-state index in [1.54, 1.807) is 31.8 Å². The third-order valence-corrected chi connectivity index (χ3v) is 3.26. The van der Waals surface area contributed by atoms with Crippen LogP contribution in [0.2, 0.25) is 0 Å². The molecule has 0 aromatic carbocycles. The lowest BCUT2D eigenvalue weighted by Crippen LogP contribution is -2.18.